The van der Waals surface area contributed by atoms with Crippen molar-refractivity contribution >= 4 is 11.8 Å². The molecule has 0 saturated carbocycles. The van der Waals surface area contributed by atoms with Crippen LogP contribution in [0.25, 0.3) is 0 Å². The van der Waals surface area contributed by atoms with Gasteiger partial charge in [0.25, 0.3) is 11.8 Å². The number of phenolic OH excluding ortho intramolecular Hbond substituents is 8. The first-order chi connectivity index (χ1) is 59.5. The summed E-state index contributed by atoms with van der Waals surface area (Å²) in [7, 11) is 0. The second kappa shape index (κ2) is 42.1. The van der Waals surface area contributed by atoms with Gasteiger partial charge in [-0.1, -0.05) is 265 Å². The normalized spacial score (nSPS) is 13.9. The van der Waals surface area contributed by atoms with Crippen molar-refractivity contribution in [1.82, 2.24) is 10.6 Å². The van der Waals surface area contributed by atoms with Crippen LogP contribution in [0, 0.1) is 0 Å². The summed E-state index contributed by atoms with van der Waals surface area (Å²) in [6, 6.07) is 95.4. The second-order valence-electron chi connectivity index (χ2n) is 29.1. The minimum Gasteiger partial charge on any atom is -0.508 e. The number of rotatable bonds is 30. The summed E-state index contributed by atoms with van der Waals surface area (Å²) in [6.45, 7) is 1.84. The lowest BCUT2D eigenvalue weighted by atomic mass is 9.91. The summed E-state index contributed by atoms with van der Waals surface area (Å²) in [4.78, 5) is 28.5. The van der Waals surface area contributed by atoms with Gasteiger partial charge in [0, 0.05) is 70.5 Å². The predicted molar refractivity (Wildman–Crippen MR) is 475 cm³/mol. The molecule has 640 valence electrons. The lowest BCUT2D eigenvalue weighted by Crippen LogP contribution is -2.45. The van der Waals surface area contributed by atoms with E-state index in [1.807, 2.05) is 267 Å². The number of hydrogen-bond acceptors (Lipinski definition) is 20. The Kier molecular flexibility index (Phi) is 29.9. The molecule has 4 atom stereocenters. The molecule has 14 aromatic rings. The van der Waals surface area contributed by atoms with Crippen molar-refractivity contribution in [2.24, 2.45) is 0 Å². The molecule has 2 aliphatic rings. The maximum absolute atomic E-state index is 15.7. The van der Waals surface area contributed by atoms with Gasteiger partial charge < -0.3 is 98.9 Å². The van der Waals surface area contributed by atoms with Crippen molar-refractivity contribution in [3.05, 3.63) is 393 Å². The van der Waals surface area contributed by atoms with E-state index in [-0.39, 0.29) is 121 Å². The van der Waals surface area contributed by atoms with E-state index in [1.54, 1.807) is 12.1 Å². The van der Waals surface area contributed by atoms with E-state index < -0.39 is 70.6 Å². The van der Waals surface area contributed by atoms with Crippen LogP contribution < -0.4 is 58.0 Å². The highest BCUT2D eigenvalue weighted by atomic mass is 16.6. The quantitative estimate of drug-likeness (QED) is 0.0187. The molecule has 16 rings (SSSR count). The third-order valence-electron chi connectivity index (χ3n) is 20.3. The van der Waals surface area contributed by atoms with Crippen LogP contribution in [0.3, 0.4) is 0 Å². The van der Waals surface area contributed by atoms with Gasteiger partial charge in [0.05, 0.1) is 12.1 Å². The number of phenols is 8. The van der Waals surface area contributed by atoms with Crippen LogP contribution in [0.4, 0.5) is 0 Å². The fraction of sp³-hybridized carbons (Fsp3) is 0.165. The number of hydrogen-bond donors (Lipinski definition) is 10. The van der Waals surface area contributed by atoms with Gasteiger partial charge in [-0.15, -0.1) is 0 Å². The molecule has 2 heterocycles. The molecule has 0 aliphatic carbocycles. The number of carbonyl (C=O) groups excluding carboxylic acids is 2. The highest BCUT2D eigenvalue weighted by molar-refractivity contribution is 5.97. The zero-order valence-electron chi connectivity index (χ0n) is 65.9. The Hall–Kier alpha value is -15.6. The van der Waals surface area contributed by atoms with Gasteiger partial charge in [0.2, 0.25) is 11.5 Å². The minimum absolute atomic E-state index is 0. The number of amides is 2. The third kappa shape index (κ3) is 22.7. The molecule has 0 fully saturated rings. The maximum atomic E-state index is 15.7. The standard InChI is InChI=1S/C78H67NO10.C22H19NO10.3CH4/c80-78(65-43-73(85-52-60-33-17-5-18-34-60)77(88-55-63-39-23-8-24-40-63)74(44-65)86-53-61-35-19-6-20-36-61)79-68-47-67-69(82-49-57-27-11-2-12-28-57)45-66(81-48-56-25-9-1-10-26-56)46-70(67)89-75(68)64-41-71(83-50-58-29-13-3-14-30-58)76(87-54-62-37-21-7-22-38-62)72(42-64)84-51-59-31-15-4-16-32-59;24-10-5-13(25)11-7-12(23-22(32)9-3-16(28)20(31)17(29)4-9)21(33-18(11)6-10)8-1-14(26)19(30)15(27)2-8;;;/h1-46,68,75H,47-55H2,(H,79,80);1-6,12,21,24-31H,7H2,(H,23,32);3*1H4/t68-,75-;12-,21-;;;/m11.../s1. The molecule has 10 N–H and O–H groups in total. The van der Waals surface area contributed by atoms with E-state index in [0.717, 1.165) is 80.4 Å². The van der Waals surface area contributed by atoms with Gasteiger partial charge in [0.1, 0.15) is 99.6 Å². The first kappa shape index (κ1) is 88.7. The molecule has 2 amide bonds. The third-order valence-corrected chi connectivity index (χ3v) is 20.3. The van der Waals surface area contributed by atoms with Gasteiger partial charge in [-0.05, 0) is 93.0 Å². The van der Waals surface area contributed by atoms with Crippen molar-refractivity contribution in [1.29, 1.82) is 0 Å². The van der Waals surface area contributed by atoms with E-state index in [4.69, 9.17) is 47.4 Å². The van der Waals surface area contributed by atoms with Crippen LogP contribution in [0.1, 0.15) is 122 Å². The smallest absolute Gasteiger partial charge is 0.251 e. The lowest BCUT2D eigenvalue weighted by Gasteiger charge is -2.36. The Labute approximate surface area is 725 Å². The summed E-state index contributed by atoms with van der Waals surface area (Å²) in [5.74, 6) is -2.08. The average Bonchev–Trinajstić information content (AvgIpc) is 0.763. The summed E-state index contributed by atoms with van der Waals surface area (Å²) >= 11 is 0. The number of ether oxygens (including phenoxy) is 10. The highest BCUT2D eigenvalue weighted by Crippen LogP contribution is 2.50. The van der Waals surface area contributed by atoms with E-state index in [2.05, 4.69) is 10.6 Å². The van der Waals surface area contributed by atoms with Crippen molar-refractivity contribution < 1.29 is 97.8 Å². The van der Waals surface area contributed by atoms with Gasteiger partial charge in [-0.3, -0.25) is 9.59 Å². The topological polar surface area (TPSA) is 312 Å². The first-order valence-electron chi connectivity index (χ1n) is 39.4. The van der Waals surface area contributed by atoms with E-state index >= 15 is 4.79 Å². The van der Waals surface area contributed by atoms with Gasteiger partial charge in [-0.2, -0.15) is 0 Å². The minimum atomic E-state index is -1.07. The van der Waals surface area contributed by atoms with E-state index in [1.165, 1.54) is 6.07 Å². The zero-order chi connectivity index (χ0) is 84.3. The van der Waals surface area contributed by atoms with Crippen molar-refractivity contribution in [2.45, 2.75) is 112 Å². The molecule has 22 heteroatoms. The number of carbonyl (C=O) groups is 2. The SMILES string of the molecule is C.C.C.O=C(N[C@@H]1Cc2c(O)cc(O)cc2O[C@@H]1c1cc(O)c(O)c(O)c1)c1cc(O)c(O)c(O)c1.O=C(N[C@@H]1Cc2c(OCc3ccccc3)cc(OCc3ccccc3)cc2O[C@@H]1c1cc(OCc2ccccc2)c(OCc2ccccc2)c(OCc2ccccc2)c1)c1cc(OCc2ccccc2)c(OCc2ccccc2)c(OCc2ccccc2)c1. The molecular weight excluding hydrogens is 1590 g/mol. The number of nitrogens with one attached hydrogen (secondary N) is 2. The van der Waals surface area contributed by atoms with Crippen LogP contribution in [0.15, 0.2) is 315 Å². The van der Waals surface area contributed by atoms with E-state index in [0.29, 0.717) is 63.9 Å². The van der Waals surface area contributed by atoms with Gasteiger partial charge in [-0.25, -0.2) is 0 Å². The van der Waals surface area contributed by atoms with Gasteiger partial charge in [0.15, 0.2) is 57.5 Å². The Bertz CT molecular complexity index is 5730. The zero-order valence-corrected chi connectivity index (χ0v) is 65.9. The Morgan fingerprint density at radius 2 is 0.568 bits per heavy atom. The fourth-order valence-corrected chi connectivity index (χ4v) is 14.1. The van der Waals surface area contributed by atoms with E-state index in [9.17, 15) is 45.6 Å². The van der Waals surface area contributed by atoms with Crippen LogP contribution in [-0.4, -0.2) is 64.8 Å². The molecule has 125 heavy (non-hydrogen) atoms. The Balaban J connectivity index is 0.000000332. The van der Waals surface area contributed by atoms with Crippen LogP contribution in [-0.2, 0) is 65.7 Å². The molecule has 0 aromatic heterocycles. The van der Waals surface area contributed by atoms with Crippen LogP contribution in [0.5, 0.6) is 103 Å². The first-order valence-corrected chi connectivity index (χ1v) is 39.4. The second-order valence-corrected chi connectivity index (χ2v) is 29.1. The fourth-order valence-electron chi connectivity index (χ4n) is 14.1. The van der Waals surface area contributed by atoms with Crippen LogP contribution >= 0.6 is 0 Å². The van der Waals surface area contributed by atoms with Gasteiger partial charge >= 0.3 is 0 Å². The highest BCUT2D eigenvalue weighted by Gasteiger charge is 2.39. The maximum Gasteiger partial charge on any atom is 0.251 e. The molecule has 0 saturated heterocycles. The molecule has 22 nitrogen and oxygen atoms in total. The number of fused-ring (bicyclic) bond motifs is 2. The molecule has 0 radical (unpaired) electrons. The monoisotopic (exact) mass is 1680 g/mol. The van der Waals surface area contributed by atoms with Crippen LogP contribution in [0.2, 0.25) is 0 Å². The molecule has 0 bridgehead atoms. The largest absolute Gasteiger partial charge is 0.508 e. The summed E-state index contributed by atoms with van der Waals surface area (Å²) in [5.41, 5.74) is 9.51. The van der Waals surface area contributed by atoms with Crippen molar-refractivity contribution in [2.75, 3.05) is 0 Å². The summed E-state index contributed by atoms with van der Waals surface area (Å²) < 4.78 is 67.1. The molecule has 14 aromatic carbocycles. The molecule has 0 spiro atoms. The average molecular weight is 1680 g/mol. The number of aromatic hydroxyl groups is 8. The Morgan fingerprint density at radius 3 is 0.920 bits per heavy atom. The van der Waals surface area contributed by atoms with Crippen molar-refractivity contribution in [3.63, 3.8) is 0 Å². The lowest BCUT2D eigenvalue weighted by molar-refractivity contribution is 0.0829. The summed E-state index contributed by atoms with van der Waals surface area (Å²) in [5, 5.41) is 84.5. The molecule has 2 aliphatic heterocycles. The van der Waals surface area contributed by atoms with Crippen molar-refractivity contribution in [3.8, 4) is 103 Å². The molecule has 0 unspecified atom stereocenters. The Morgan fingerprint density at radius 1 is 0.288 bits per heavy atom. The molecular formula is C103H98N2O20. The number of benzene rings is 14. The predicted octanol–water partition coefficient (Wildman–Crippen LogP) is 20.5. The summed E-state index contributed by atoms with van der Waals surface area (Å²) in [6.07, 6.45) is -1.71.